The summed E-state index contributed by atoms with van der Waals surface area (Å²) in [4.78, 5) is 11.0. The molecule has 0 aliphatic heterocycles. The second kappa shape index (κ2) is 6.89. The van der Waals surface area contributed by atoms with E-state index in [1.165, 1.54) is 18.2 Å². The van der Waals surface area contributed by atoms with Gasteiger partial charge in [-0.3, -0.25) is 4.68 Å². The molecule has 0 spiro atoms. The van der Waals surface area contributed by atoms with Crippen molar-refractivity contribution in [3.05, 3.63) is 52.3 Å². The quantitative estimate of drug-likeness (QED) is 0.697. The summed E-state index contributed by atoms with van der Waals surface area (Å²) in [5, 5.41) is 8.39. The van der Waals surface area contributed by atoms with Crippen molar-refractivity contribution in [3.63, 3.8) is 0 Å². The first-order valence-electron chi connectivity index (χ1n) is 6.98. The van der Waals surface area contributed by atoms with Crippen molar-refractivity contribution >= 4 is 12.3 Å². The molecule has 0 fully saturated rings. The number of hydrogen-bond acceptors (Lipinski definition) is 4. The van der Waals surface area contributed by atoms with E-state index in [2.05, 4.69) is 51.6 Å². The molecule has 1 N–H and O–H groups in total. The summed E-state index contributed by atoms with van der Waals surface area (Å²) in [6, 6.07) is 8.37. The average Bonchev–Trinajstić information content (AvgIpc) is 2.76. The number of amides is 1. The minimum Gasteiger partial charge on any atom is -0.452 e. The number of hydrogen-bond donors (Lipinski definition) is 1. The lowest BCUT2D eigenvalue weighted by Gasteiger charge is -2.05. The molecule has 0 radical (unpaired) electrons. The largest absolute Gasteiger partial charge is 0.452 e. The molecule has 116 valence electrons. The first kappa shape index (κ1) is 15.8. The third-order valence-corrected chi connectivity index (χ3v) is 3.43. The number of carbonyl (C=O) groups is 1. The molecule has 6 heteroatoms. The highest BCUT2D eigenvalue weighted by Crippen LogP contribution is 2.13. The van der Waals surface area contributed by atoms with E-state index >= 15 is 0 Å². The van der Waals surface area contributed by atoms with Gasteiger partial charge in [-0.2, -0.15) is 10.2 Å². The normalized spacial score (nSPS) is 10.9. The summed E-state index contributed by atoms with van der Waals surface area (Å²) < 4.78 is 6.39. The average molecular weight is 300 g/mol. The molecule has 0 aliphatic carbocycles. The first-order valence-corrected chi connectivity index (χ1v) is 6.98. The number of carbonyl (C=O) groups excluding carboxylic acids is 1. The standard InChI is InChI=1S/C16H20N4O2/c1-11-5-7-14(8-6-11)10-20-13(3)15(12(2)19-20)9-17-18-16(21)22-4/h5-9H,10H2,1-4H3,(H,18,21)/b17-9-. The number of nitrogens with one attached hydrogen (secondary N) is 1. The summed E-state index contributed by atoms with van der Waals surface area (Å²) in [5.41, 5.74) is 7.44. The highest BCUT2D eigenvalue weighted by atomic mass is 16.5. The van der Waals surface area contributed by atoms with Gasteiger partial charge in [0, 0.05) is 11.3 Å². The second-order valence-electron chi connectivity index (χ2n) is 5.09. The summed E-state index contributed by atoms with van der Waals surface area (Å²) in [6.45, 7) is 6.66. The zero-order valence-corrected chi connectivity index (χ0v) is 13.3. The fourth-order valence-corrected chi connectivity index (χ4v) is 2.11. The van der Waals surface area contributed by atoms with Gasteiger partial charge in [-0.15, -0.1) is 0 Å². The van der Waals surface area contributed by atoms with E-state index < -0.39 is 6.09 Å². The molecule has 0 atom stereocenters. The second-order valence-corrected chi connectivity index (χ2v) is 5.09. The van der Waals surface area contributed by atoms with Crippen LogP contribution in [0.4, 0.5) is 4.79 Å². The third-order valence-electron chi connectivity index (χ3n) is 3.43. The Kier molecular flexibility index (Phi) is 4.93. The molecule has 1 heterocycles. The lowest BCUT2D eigenvalue weighted by Crippen LogP contribution is -2.16. The molecule has 1 aromatic heterocycles. The maximum atomic E-state index is 11.0. The van der Waals surface area contributed by atoms with Crippen molar-refractivity contribution in [2.75, 3.05) is 7.11 Å². The fourth-order valence-electron chi connectivity index (χ4n) is 2.11. The van der Waals surface area contributed by atoms with Gasteiger partial charge in [0.05, 0.1) is 25.6 Å². The molecular weight excluding hydrogens is 280 g/mol. The lowest BCUT2D eigenvalue weighted by molar-refractivity contribution is 0.171. The molecule has 2 rings (SSSR count). The molecule has 0 aliphatic rings. The van der Waals surface area contributed by atoms with Crippen molar-refractivity contribution in [2.24, 2.45) is 5.10 Å². The monoisotopic (exact) mass is 300 g/mol. The fraction of sp³-hybridized carbons (Fsp3) is 0.312. The van der Waals surface area contributed by atoms with Gasteiger partial charge in [0.2, 0.25) is 0 Å². The number of aryl methyl sites for hydroxylation is 2. The van der Waals surface area contributed by atoms with Gasteiger partial charge in [0.25, 0.3) is 0 Å². The Labute approximate surface area is 129 Å². The molecular formula is C16H20N4O2. The smallest absolute Gasteiger partial charge is 0.427 e. The number of nitrogens with zero attached hydrogens (tertiary/aromatic N) is 3. The van der Waals surface area contributed by atoms with Gasteiger partial charge in [0.15, 0.2) is 0 Å². The summed E-state index contributed by atoms with van der Waals surface area (Å²) in [5.74, 6) is 0. The molecule has 0 saturated carbocycles. The number of aromatic nitrogens is 2. The maximum Gasteiger partial charge on any atom is 0.427 e. The summed E-state index contributed by atoms with van der Waals surface area (Å²) in [7, 11) is 1.29. The number of ether oxygens (including phenoxy) is 1. The van der Waals surface area contributed by atoms with E-state index in [-0.39, 0.29) is 0 Å². The number of hydrazone groups is 1. The van der Waals surface area contributed by atoms with E-state index in [1.54, 1.807) is 6.21 Å². The van der Waals surface area contributed by atoms with Crippen LogP contribution in [0.15, 0.2) is 29.4 Å². The van der Waals surface area contributed by atoms with Crippen LogP contribution in [0.5, 0.6) is 0 Å². The van der Waals surface area contributed by atoms with E-state index in [4.69, 9.17) is 0 Å². The topological polar surface area (TPSA) is 68.5 Å². The Hall–Kier alpha value is -2.63. The van der Waals surface area contributed by atoms with Crippen LogP contribution in [0.2, 0.25) is 0 Å². The minimum absolute atomic E-state index is 0.599. The van der Waals surface area contributed by atoms with Gasteiger partial charge in [-0.25, -0.2) is 10.2 Å². The highest BCUT2D eigenvalue weighted by Gasteiger charge is 2.10. The number of methoxy groups -OCH3 is 1. The van der Waals surface area contributed by atoms with E-state index in [9.17, 15) is 4.79 Å². The van der Waals surface area contributed by atoms with Crippen LogP contribution in [-0.2, 0) is 11.3 Å². The van der Waals surface area contributed by atoms with Crippen LogP contribution >= 0.6 is 0 Å². The van der Waals surface area contributed by atoms with Crippen molar-refractivity contribution in [3.8, 4) is 0 Å². The maximum absolute atomic E-state index is 11.0. The van der Waals surface area contributed by atoms with E-state index in [0.29, 0.717) is 6.54 Å². The van der Waals surface area contributed by atoms with Crippen molar-refractivity contribution in [2.45, 2.75) is 27.3 Å². The Balaban J connectivity index is 2.16. The van der Waals surface area contributed by atoms with E-state index in [0.717, 1.165) is 17.0 Å². The first-order chi connectivity index (χ1) is 10.5. The van der Waals surface area contributed by atoms with Crippen LogP contribution < -0.4 is 5.43 Å². The number of rotatable bonds is 4. The van der Waals surface area contributed by atoms with Crippen LogP contribution in [0.1, 0.15) is 28.1 Å². The predicted molar refractivity (Wildman–Crippen MR) is 85.1 cm³/mol. The Morgan fingerprint density at radius 1 is 1.32 bits per heavy atom. The predicted octanol–water partition coefficient (Wildman–Crippen LogP) is 2.55. The SMILES string of the molecule is COC(=O)N/N=C\c1c(C)nn(Cc2ccc(C)cc2)c1C. The molecule has 1 aromatic carbocycles. The van der Waals surface area contributed by atoms with Crippen LogP contribution in [-0.4, -0.2) is 29.2 Å². The molecule has 6 nitrogen and oxygen atoms in total. The molecule has 2 aromatic rings. The van der Waals surface area contributed by atoms with Crippen molar-refractivity contribution in [1.82, 2.24) is 15.2 Å². The van der Waals surface area contributed by atoms with Gasteiger partial charge >= 0.3 is 6.09 Å². The van der Waals surface area contributed by atoms with Crippen molar-refractivity contribution in [1.29, 1.82) is 0 Å². The Bertz CT molecular complexity index is 687. The zero-order valence-electron chi connectivity index (χ0n) is 13.3. The Morgan fingerprint density at radius 3 is 2.64 bits per heavy atom. The molecule has 0 bridgehead atoms. The highest BCUT2D eigenvalue weighted by molar-refractivity contribution is 5.83. The van der Waals surface area contributed by atoms with Crippen LogP contribution in [0.25, 0.3) is 0 Å². The molecule has 1 amide bonds. The van der Waals surface area contributed by atoms with Crippen LogP contribution in [0.3, 0.4) is 0 Å². The van der Waals surface area contributed by atoms with Gasteiger partial charge in [-0.1, -0.05) is 29.8 Å². The molecule has 0 saturated heterocycles. The number of benzene rings is 1. The van der Waals surface area contributed by atoms with Crippen LogP contribution in [0, 0.1) is 20.8 Å². The van der Waals surface area contributed by atoms with E-state index in [1.807, 2.05) is 18.5 Å². The summed E-state index contributed by atoms with van der Waals surface area (Å²) in [6.07, 6.45) is 0.985. The summed E-state index contributed by atoms with van der Waals surface area (Å²) >= 11 is 0. The minimum atomic E-state index is -0.599. The lowest BCUT2D eigenvalue weighted by atomic mass is 10.1. The molecule has 0 unspecified atom stereocenters. The van der Waals surface area contributed by atoms with Gasteiger partial charge < -0.3 is 4.74 Å². The van der Waals surface area contributed by atoms with Gasteiger partial charge in [-0.05, 0) is 26.3 Å². The molecule has 22 heavy (non-hydrogen) atoms. The third kappa shape index (κ3) is 3.72. The zero-order chi connectivity index (χ0) is 16.1. The van der Waals surface area contributed by atoms with Gasteiger partial charge in [0.1, 0.15) is 0 Å². The Morgan fingerprint density at radius 2 is 2.00 bits per heavy atom. The van der Waals surface area contributed by atoms with Crippen molar-refractivity contribution < 1.29 is 9.53 Å².